The summed E-state index contributed by atoms with van der Waals surface area (Å²) in [5, 5.41) is 7.53. The Morgan fingerprint density at radius 1 is 1.10 bits per heavy atom. The van der Waals surface area contributed by atoms with Gasteiger partial charge >= 0.3 is 0 Å². The maximum Gasteiger partial charge on any atom is 0.269 e. The Hall–Kier alpha value is -3.48. The summed E-state index contributed by atoms with van der Waals surface area (Å²) in [5.41, 5.74) is 4.27. The topological polar surface area (TPSA) is 80.1 Å². The summed E-state index contributed by atoms with van der Waals surface area (Å²) >= 11 is 0. The molecule has 7 nitrogen and oxygen atoms in total. The average molecular weight is 389 g/mol. The first-order valence-corrected chi connectivity index (χ1v) is 9.70. The molecule has 2 aromatic heterocycles. The number of nitrogens with zero attached hydrogens (tertiary/aromatic N) is 4. The van der Waals surface area contributed by atoms with Gasteiger partial charge in [-0.3, -0.25) is 19.3 Å². The fraction of sp³-hybridized carbons (Fsp3) is 0.273. The van der Waals surface area contributed by atoms with Crippen molar-refractivity contribution in [3.8, 4) is 0 Å². The van der Waals surface area contributed by atoms with Crippen LogP contribution in [-0.4, -0.2) is 44.6 Å². The van der Waals surface area contributed by atoms with Crippen LogP contribution in [0.4, 0.5) is 0 Å². The Morgan fingerprint density at radius 2 is 1.90 bits per heavy atom. The highest BCUT2D eigenvalue weighted by atomic mass is 16.2. The molecule has 1 N–H and O–H groups in total. The molecule has 0 atom stereocenters. The highest BCUT2D eigenvalue weighted by molar-refractivity contribution is 5.94. The molecule has 0 fully saturated rings. The van der Waals surface area contributed by atoms with Crippen molar-refractivity contribution < 1.29 is 9.59 Å². The van der Waals surface area contributed by atoms with E-state index in [4.69, 9.17) is 0 Å². The van der Waals surface area contributed by atoms with Gasteiger partial charge in [0.1, 0.15) is 5.69 Å². The maximum atomic E-state index is 12.8. The van der Waals surface area contributed by atoms with E-state index in [9.17, 15) is 9.59 Å². The van der Waals surface area contributed by atoms with E-state index < -0.39 is 0 Å². The maximum absolute atomic E-state index is 12.8. The van der Waals surface area contributed by atoms with E-state index >= 15 is 0 Å². The predicted octanol–water partition coefficient (Wildman–Crippen LogP) is 1.99. The molecule has 0 bridgehead atoms. The minimum Gasteiger partial charge on any atom is -0.350 e. The van der Waals surface area contributed by atoms with Crippen molar-refractivity contribution in [1.82, 2.24) is 25.0 Å². The van der Waals surface area contributed by atoms with Gasteiger partial charge in [-0.1, -0.05) is 24.3 Å². The second-order valence-electron chi connectivity index (χ2n) is 7.06. The number of hydrogen-bond donors (Lipinski definition) is 1. The second kappa shape index (κ2) is 8.26. The molecule has 0 saturated carbocycles. The van der Waals surface area contributed by atoms with Gasteiger partial charge in [-0.2, -0.15) is 5.10 Å². The van der Waals surface area contributed by atoms with Crippen LogP contribution < -0.4 is 5.32 Å². The van der Waals surface area contributed by atoms with E-state index in [-0.39, 0.29) is 11.8 Å². The van der Waals surface area contributed by atoms with E-state index in [0.29, 0.717) is 37.3 Å². The normalized spacial score (nSPS) is 13.1. The summed E-state index contributed by atoms with van der Waals surface area (Å²) in [6.07, 6.45) is 2.98. The van der Waals surface area contributed by atoms with Crippen molar-refractivity contribution >= 4 is 11.8 Å². The third-order valence-electron chi connectivity index (χ3n) is 5.18. The molecule has 1 aliphatic heterocycles. The average Bonchev–Trinajstić information content (AvgIpc) is 3.09. The zero-order valence-corrected chi connectivity index (χ0v) is 16.3. The molecule has 1 aromatic carbocycles. The van der Waals surface area contributed by atoms with Crippen molar-refractivity contribution in [3.05, 3.63) is 82.9 Å². The van der Waals surface area contributed by atoms with E-state index in [1.165, 1.54) is 0 Å². The van der Waals surface area contributed by atoms with Crippen LogP contribution in [0.1, 0.15) is 37.8 Å². The first-order chi connectivity index (χ1) is 14.1. The van der Waals surface area contributed by atoms with Gasteiger partial charge in [0.2, 0.25) is 0 Å². The third-order valence-corrected chi connectivity index (χ3v) is 5.18. The lowest BCUT2D eigenvalue weighted by Gasteiger charge is -2.28. The number of pyridine rings is 1. The number of amides is 2. The molecule has 2 amide bonds. The van der Waals surface area contributed by atoms with Gasteiger partial charge in [0.05, 0.1) is 5.69 Å². The predicted molar refractivity (Wildman–Crippen MR) is 108 cm³/mol. The summed E-state index contributed by atoms with van der Waals surface area (Å²) in [7, 11) is 1.93. The first-order valence-electron chi connectivity index (χ1n) is 9.70. The second-order valence-corrected chi connectivity index (χ2v) is 7.06. The van der Waals surface area contributed by atoms with Crippen LogP contribution in [-0.2, 0) is 26.4 Å². The van der Waals surface area contributed by atoms with Gasteiger partial charge in [-0.15, -0.1) is 0 Å². The van der Waals surface area contributed by atoms with Crippen LogP contribution in [0.15, 0.2) is 54.7 Å². The fourth-order valence-corrected chi connectivity index (χ4v) is 3.69. The van der Waals surface area contributed by atoms with E-state index in [1.807, 2.05) is 47.0 Å². The van der Waals surface area contributed by atoms with Crippen molar-refractivity contribution in [2.24, 2.45) is 7.05 Å². The van der Waals surface area contributed by atoms with Crippen LogP contribution in [0, 0.1) is 0 Å². The number of carbonyl (C=O) groups is 2. The standard InChI is InChI=1S/C22H23N5O2/c1-26-20-11-14-27(22(29)16-7-3-2-4-8-16)15-17(20)18(25-26)10-13-24-21(28)19-9-5-6-12-23-19/h2-9,12H,10-11,13-15H2,1H3,(H,24,28). The quantitative estimate of drug-likeness (QED) is 0.724. The Bertz CT molecular complexity index is 1010. The van der Waals surface area contributed by atoms with Gasteiger partial charge in [0.15, 0.2) is 0 Å². The Balaban J connectivity index is 1.43. The molecule has 4 rings (SSSR count). The molecular weight excluding hydrogens is 366 g/mol. The van der Waals surface area contributed by atoms with Gasteiger partial charge in [0.25, 0.3) is 11.8 Å². The molecule has 0 spiro atoms. The van der Waals surface area contributed by atoms with Crippen molar-refractivity contribution in [2.45, 2.75) is 19.4 Å². The summed E-state index contributed by atoms with van der Waals surface area (Å²) in [4.78, 5) is 30.9. The third kappa shape index (κ3) is 4.03. The lowest BCUT2D eigenvalue weighted by Crippen LogP contribution is -2.36. The summed E-state index contributed by atoms with van der Waals surface area (Å²) in [5.74, 6) is -0.161. The summed E-state index contributed by atoms with van der Waals surface area (Å²) in [6, 6.07) is 14.6. The lowest BCUT2D eigenvalue weighted by molar-refractivity contribution is 0.0733. The van der Waals surface area contributed by atoms with Gasteiger partial charge in [-0.25, -0.2) is 0 Å². The van der Waals surface area contributed by atoms with Crippen molar-refractivity contribution in [3.63, 3.8) is 0 Å². The van der Waals surface area contributed by atoms with Crippen LogP contribution >= 0.6 is 0 Å². The van der Waals surface area contributed by atoms with Crippen LogP contribution in [0.25, 0.3) is 0 Å². The molecule has 29 heavy (non-hydrogen) atoms. The Labute approximate surface area is 169 Å². The number of fused-ring (bicyclic) bond motifs is 1. The van der Waals surface area contributed by atoms with Crippen LogP contribution in [0.5, 0.6) is 0 Å². The highest BCUT2D eigenvalue weighted by Crippen LogP contribution is 2.23. The summed E-state index contributed by atoms with van der Waals surface area (Å²) < 4.78 is 1.90. The minimum atomic E-state index is -0.198. The zero-order chi connectivity index (χ0) is 20.2. The smallest absolute Gasteiger partial charge is 0.269 e. The number of carbonyl (C=O) groups excluding carboxylic acids is 2. The van der Waals surface area contributed by atoms with Gasteiger partial charge in [-0.05, 0) is 24.3 Å². The molecule has 3 aromatic rings. The van der Waals surface area contributed by atoms with Crippen LogP contribution in [0.3, 0.4) is 0 Å². The Morgan fingerprint density at radius 3 is 2.66 bits per heavy atom. The molecular formula is C22H23N5O2. The zero-order valence-electron chi connectivity index (χ0n) is 16.3. The van der Waals surface area contributed by atoms with E-state index in [0.717, 1.165) is 23.4 Å². The SMILES string of the molecule is Cn1nc(CCNC(=O)c2ccccn2)c2c1CCN(C(=O)c1ccccc1)C2. The van der Waals surface area contributed by atoms with Crippen molar-refractivity contribution in [1.29, 1.82) is 0 Å². The number of aromatic nitrogens is 3. The monoisotopic (exact) mass is 389 g/mol. The minimum absolute atomic E-state index is 0.0366. The number of nitrogens with one attached hydrogen (secondary N) is 1. The first kappa shape index (κ1) is 18.9. The van der Waals surface area contributed by atoms with Crippen LogP contribution in [0.2, 0.25) is 0 Å². The molecule has 0 radical (unpaired) electrons. The molecule has 0 unspecified atom stereocenters. The number of aryl methyl sites for hydroxylation is 1. The largest absolute Gasteiger partial charge is 0.350 e. The highest BCUT2D eigenvalue weighted by Gasteiger charge is 2.27. The Kier molecular flexibility index (Phi) is 5.37. The molecule has 1 aliphatic rings. The number of rotatable bonds is 5. The molecule has 7 heteroatoms. The molecule has 0 aliphatic carbocycles. The lowest BCUT2D eigenvalue weighted by atomic mass is 10.0. The molecule has 0 saturated heterocycles. The van der Waals surface area contributed by atoms with Gasteiger partial charge in [0, 0.05) is 62.5 Å². The fourth-order valence-electron chi connectivity index (χ4n) is 3.69. The summed E-state index contributed by atoms with van der Waals surface area (Å²) in [6.45, 7) is 1.68. The van der Waals surface area contributed by atoms with E-state index in [1.54, 1.807) is 24.4 Å². The van der Waals surface area contributed by atoms with Gasteiger partial charge < -0.3 is 10.2 Å². The number of benzene rings is 1. The number of hydrogen-bond acceptors (Lipinski definition) is 4. The molecule has 3 heterocycles. The van der Waals surface area contributed by atoms with E-state index in [2.05, 4.69) is 15.4 Å². The molecule has 148 valence electrons. The van der Waals surface area contributed by atoms with Crippen molar-refractivity contribution in [2.75, 3.05) is 13.1 Å².